The van der Waals surface area contributed by atoms with Gasteiger partial charge in [-0.1, -0.05) is 41.4 Å². The number of benzene rings is 2. The van der Waals surface area contributed by atoms with E-state index in [9.17, 15) is 19.1 Å². The Kier molecular flexibility index (Phi) is 9.36. The van der Waals surface area contributed by atoms with Crippen LogP contribution in [0.25, 0.3) is 22.4 Å². The summed E-state index contributed by atoms with van der Waals surface area (Å²) in [6.07, 6.45) is 3.32. The van der Waals surface area contributed by atoms with Gasteiger partial charge in [0.15, 0.2) is 0 Å². The highest BCUT2D eigenvalue weighted by Crippen LogP contribution is 2.33. The number of hydrogen-bond acceptors (Lipinski definition) is 6. The molecule has 204 valence electrons. The average Bonchev–Trinajstić information content (AvgIpc) is 3.60. The van der Waals surface area contributed by atoms with Gasteiger partial charge in [0.2, 0.25) is 0 Å². The van der Waals surface area contributed by atoms with Crippen molar-refractivity contribution in [3.63, 3.8) is 0 Å². The fourth-order valence-corrected chi connectivity index (χ4v) is 4.40. The zero-order chi connectivity index (χ0) is 27.9. The van der Waals surface area contributed by atoms with Crippen LogP contribution in [0.2, 0.25) is 10.0 Å². The molecule has 1 atom stereocenters. The summed E-state index contributed by atoms with van der Waals surface area (Å²) in [7, 11) is 0. The van der Waals surface area contributed by atoms with Gasteiger partial charge in [0, 0.05) is 28.9 Å². The first kappa shape index (κ1) is 28.3. The summed E-state index contributed by atoms with van der Waals surface area (Å²) in [5.41, 5.74) is 4.44. The Morgan fingerprint density at radius 1 is 1.13 bits per heavy atom. The van der Waals surface area contributed by atoms with E-state index in [2.05, 4.69) is 25.8 Å². The second-order valence-electron chi connectivity index (χ2n) is 8.56. The van der Waals surface area contributed by atoms with Crippen LogP contribution in [0.3, 0.4) is 0 Å². The molecule has 0 spiro atoms. The summed E-state index contributed by atoms with van der Waals surface area (Å²) in [6.45, 7) is 2.15. The molecule has 2 aromatic heterocycles. The predicted molar refractivity (Wildman–Crippen MR) is 146 cm³/mol. The van der Waals surface area contributed by atoms with Crippen molar-refractivity contribution in [2.24, 2.45) is 0 Å². The van der Waals surface area contributed by atoms with Crippen LogP contribution >= 0.6 is 23.2 Å². The minimum atomic E-state index is -0.780. The normalized spacial score (nSPS) is 11.8. The SMILES string of the molecule is CCOC(=O)CNCc1ccc(-c2cn[nH]c2-c2c[nH]c(C(=O)N[C@H](CO)c3ccc(F)c(Cl)c3)c2)cc1Cl. The number of H-pyrrole nitrogens is 2. The standard InChI is InChI=1S/C27H26Cl2FN5O4/c1-2-39-25(37)13-31-10-17-4-3-15(7-20(17)28)19-12-33-35-26(19)18-9-23(32-11-18)27(38)34-24(14-36)16-5-6-22(30)21(29)8-16/h3-9,11-12,24,31-32,36H,2,10,13-14H2,1H3,(H,33,35)(H,34,38)/t24-/m1/s1. The number of aromatic amines is 2. The second-order valence-corrected chi connectivity index (χ2v) is 9.37. The number of amides is 1. The number of carbonyl (C=O) groups is 2. The van der Waals surface area contributed by atoms with Gasteiger partial charge < -0.3 is 25.5 Å². The number of carbonyl (C=O) groups excluding carboxylic acids is 2. The zero-order valence-corrected chi connectivity index (χ0v) is 22.4. The third kappa shape index (κ3) is 6.85. The van der Waals surface area contributed by atoms with Crippen molar-refractivity contribution in [1.29, 1.82) is 0 Å². The van der Waals surface area contributed by atoms with Gasteiger partial charge in [-0.3, -0.25) is 14.7 Å². The van der Waals surface area contributed by atoms with Crippen LogP contribution in [-0.2, 0) is 16.1 Å². The van der Waals surface area contributed by atoms with Gasteiger partial charge in [0.1, 0.15) is 11.5 Å². The summed E-state index contributed by atoms with van der Waals surface area (Å²) in [6, 6.07) is 10.4. The maximum atomic E-state index is 13.5. The molecular formula is C27H26Cl2FN5O4. The van der Waals surface area contributed by atoms with Crippen LogP contribution in [0.15, 0.2) is 54.9 Å². The molecule has 12 heteroatoms. The Bertz CT molecular complexity index is 1470. The highest BCUT2D eigenvalue weighted by atomic mass is 35.5. The molecule has 1 amide bonds. The fourth-order valence-electron chi connectivity index (χ4n) is 3.96. The third-order valence-corrected chi connectivity index (χ3v) is 6.59. The van der Waals surface area contributed by atoms with E-state index in [0.29, 0.717) is 35.0 Å². The molecule has 2 aromatic carbocycles. The van der Waals surface area contributed by atoms with Crippen molar-refractivity contribution in [2.75, 3.05) is 19.8 Å². The molecule has 2 heterocycles. The van der Waals surface area contributed by atoms with Gasteiger partial charge in [-0.2, -0.15) is 5.10 Å². The molecule has 0 saturated carbocycles. The Balaban J connectivity index is 1.47. The lowest BCUT2D eigenvalue weighted by Crippen LogP contribution is -2.31. The van der Waals surface area contributed by atoms with Crippen molar-refractivity contribution in [1.82, 2.24) is 25.8 Å². The summed E-state index contributed by atoms with van der Waals surface area (Å²) in [4.78, 5) is 27.3. The fraction of sp³-hybridized carbons (Fsp3) is 0.222. The van der Waals surface area contributed by atoms with Gasteiger partial charge in [0.25, 0.3) is 5.91 Å². The average molecular weight is 574 g/mol. The number of aromatic nitrogens is 3. The van der Waals surface area contributed by atoms with Crippen LogP contribution in [0.5, 0.6) is 0 Å². The summed E-state index contributed by atoms with van der Waals surface area (Å²) < 4.78 is 18.4. The number of aliphatic hydroxyl groups excluding tert-OH is 1. The van der Waals surface area contributed by atoms with Crippen LogP contribution in [0.4, 0.5) is 4.39 Å². The molecule has 5 N–H and O–H groups in total. The van der Waals surface area contributed by atoms with E-state index in [-0.39, 0.29) is 23.2 Å². The third-order valence-electron chi connectivity index (χ3n) is 5.94. The Morgan fingerprint density at radius 3 is 2.67 bits per heavy atom. The summed E-state index contributed by atoms with van der Waals surface area (Å²) >= 11 is 12.3. The van der Waals surface area contributed by atoms with E-state index in [0.717, 1.165) is 16.7 Å². The molecule has 0 aliphatic carbocycles. The molecule has 0 saturated heterocycles. The van der Waals surface area contributed by atoms with Gasteiger partial charge >= 0.3 is 5.97 Å². The highest BCUT2D eigenvalue weighted by molar-refractivity contribution is 6.31. The lowest BCUT2D eigenvalue weighted by atomic mass is 10.0. The lowest BCUT2D eigenvalue weighted by molar-refractivity contribution is -0.142. The lowest BCUT2D eigenvalue weighted by Gasteiger charge is -2.16. The van der Waals surface area contributed by atoms with Crippen molar-refractivity contribution >= 4 is 35.1 Å². The number of hydrogen-bond donors (Lipinski definition) is 5. The van der Waals surface area contributed by atoms with E-state index < -0.39 is 24.4 Å². The Labute approximate surface area is 233 Å². The van der Waals surface area contributed by atoms with E-state index in [4.69, 9.17) is 27.9 Å². The molecule has 0 aliphatic heterocycles. The summed E-state index contributed by atoms with van der Waals surface area (Å²) in [5.74, 6) is -1.39. The molecule has 39 heavy (non-hydrogen) atoms. The number of nitrogens with zero attached hydrogens (tertiary/aromatic N) is 1. The molecule has 4 aromatic rings. The minimum Gasteiger partial charge on any atom is -0.465 e. The molecule has 0 radical (unpaired) electrons. The van der Waals surface area contributed by atoms with Crippen LogP contribution < -0.4 is 10.6 Å². The first-order valence-corrected chi connectivity index (χ1v) is 12.8. The van der Waals surface area contributed by atoms with Gasteiger partial charge in [-0.05, 0) is 47.9 Å². The number of ether oxygens (including phenoxy) is 1. The van der Waals surface area contributed by atoms with Crippen LogP contribution in [-0.4, -0.2) is 51.9 Å². The first-order valence-electron chi connectivity index (χ1n) is 12.0. The van der Waals surface area contributed by atoms with Crippen LogP contribution in [0, 0.1) is 5.82 Å². The minimum absolute atomic E-state index is 0.0812. The van der Waals surface area contributed by atoms with Gasteiger partial charge in [-0.15, -0.1) is 0 Å². The number of rotatable bonds is 11. The largest absolute Gasteiger partial charge is 0.465 e. The predicted octanol–water partition coefficient (Wildman–Crippen LogP) is 4.63. The topological polar surface area (TPSA) is 132 Å². The molecule has 4 rings (SSSR count). The smallest absolute Gasteiger partial charge is 0.319 e. The summed E-state index contributed by atoms with van der Waals surface area (Å²) in [5, 5.41) is 23.0. The second kappa shape index (κ2) is 12.9. The molecular weight excluding hydrogens is 548 g/mol. The zero-order valence-electron chi connectivity index (χ0n) is 20.9. The van der Waals surface area contributed by atoms with Gasteiger partial charge in [0.05, 0.1) is 42.7 Å². The Morgan fingerprint density at radius 2 is 1.95 bits per heavy atom. The number of nitrogens with one attached hydrogen (secondary N) is 4. The molecule has 0 fully saturated rings. The van der Waals surface area contributed by atoms with Crippen molar-refractivity contribution in [3.05, 3.63) is 87.5 Å². The van der Waals surface area contributed by atoms with E-state index >= 15 is 0 Å². The maximum Gasteiger partial charge on any atom is 0.319 e. The van der Waals surface area contributed by atoms with Crippen LogP contribution in [0.1, 0.15) is 34.6 Å². The van der Waals surface area contributed by atoms with Crippen molar-refractivity contribution in [3.8, 4) is 22.4 Å². The quantitative estimate of drug-likeness (QED) is 0.166. The molecule has 0 unspecified atom stereocenters. The molecule has 0 bridgehead atoms. The van der Waals surface area contributed by atoms with Gasteiger partial charge in [-0.25, -0.2) is 4.39 Å². The van der Waals surface area contributed by atoms with E-state index in [1.54, 1.807) is 31.5 Å². The maximum absolute atomic E-state index is 13.5. The molecule has 0 aliphatic rings. The van der Waals surface area contributed by atoms with E-state index in [1.807, 2.05) is 12.1 Å². The first-order chi connectivity index (χ1) is 18.8. The van der Waals surface area contributed by atoms with E-state index in [1.165, 1.54) is 18.2 Å². The highest BCUT2D eigenvalue weighted by Gasteiger charge is 2.19. The number of aliphatic hydroxyl groups is 1. The molecule has 9 nitrogen and oxygen atoms in total. The van der Waals surface area contributed by atoms with Crippen molar-refractivity contribution in [2.45, 2.75) is 19.5 Å². The number of halogens is 3. The van der Waals surface area contributed by atoms with Crippen molar-refractivity contribution < 1.29 is 23.8 Å². The monoisotopic (exact) mass is 573 g/mol. The Hall–Kier alpha value is -3.70. The number of esters is 1.